The van der Waals surface area contributed by atoms with E-state index in [0.29, 0.717) is 28.4 Å². The number of hydrogen-bond acceptors (Lipinski definition) is 4. The van der Waals surface area contributed by atoms with Crippen molar-refractivity contribution in [1.29, 1.82) is 0 Å². The third kappa shape index (κ3) is 4.14. The number of nitrogens with zero attached hydrogens (tertiary/aromatic N) is 2. The smallest absolute Gasteiger partial charge is 0.230 e. The van der Waals surface area contributed by atoms with Crippen LogP contribution in [-0.4, -0.2) is 29.5 Å². The highest BCUT2D eigenvalue weighted by Crippen LogP contribution is 2.30. The minimum absolute atomic E-state index is 0.0880. The number of anilines is 1. The Bertz CT molecular complexity index is 1310. The molecule has 32 heavy (non-hydrogen) atoms. The van der Waals surface area contributed by atoms with Crippen molar-refractivity contribution in [3.63, 3.8) is 0 Å². The summed E-state index contributed by atoms with van der Waals surface area (Å²) < 4.78 is 26.3. The van der Waals surface area contributed by atoms with Gasteiger partial charge in [0.2, 0.25) is 5.91 Å². The number of rotatable bonds is 6. The molecule has 0 bridgehead atoms. The molecule has 7 heteroatoms. The molecule has 2 heterocycles. The minimum Gasteiger partial charge on any atom is -0.493 e. The molecular weight excluding hydrogens is 409 g/mol. The van der Waals surface area contributed by atoms with E-state index in [9.17, 15) is 9.18 Å². The number of aromatic nitrogens is 2. The first-order chi connectivity index (χ1) is 15.4. The van der Waals surface area contributed by atoms with Crippen molar-refractivity contribution in [3.8, 4) is 22.8 Å². The SMILES string of the molecule is COc1ccc(NC(=O)Cc2c(-c3ccc(F)c(C)c3)nc3ccc(C)cn23)cc1OC. The standard InChI is InChI=1S/C25H24FN3O3/c1-15-5-10-23-28-25(17-6-8-19(26)16(2)11-17)20(29(23)14-15)13-24(30)27-18-7-9-21(31-3)22(12-18)32-4/h5-12,14H,13H2,1-4H3,(H,27,30). The fourth-order valence-electron chi connectivity index (χ4n) is 3.66. The van der Waals surface area contributed by atoms with Crippen LogP contribution in [-0.2, 0) is 11.2 Å². The number of hydrogen-bond donors (Lipinski definition) is 1. The third-order valence-corrected chi connectivity index (χ3v) is 5.29. The number of aryl methyl sites for hydroxylation is 2. The first-order valence-corrected chi connectivity index (χ1v) is 10.2. The molecule has 0 aliphatic heterocycles. The van der Waals surface area contributed by atoms with Crippen LogP contribution in [0.1, 0.15) is 16.8 Å². The van der Waals surface area contributed by atoms with Crippen LogP contribution in [0.5, 0.6) is 11.5 Å². The summed E-state index contributed by atoms with van der Waals surface area (Å²) in [5.41, 5.74) is 5.03. The number of imidazole rings is 1. The number of methoxy groups -OCH3 is 2. The van der Waals surface area contributed by atoms with Gasteiger partial charge in [-0.15, -0.1) is 0 Å². The number of carbonyl (C=O) groups is 1. The third-order valence-electron chi connectivity index (χ3n) is 5.29. The van der Waals surface area contributed by atoms with Crippen LogP contribution < -0.4 is 14.8 Å². The Morgan fingerprint density at radius 2 is 1.81 bits per heavy atom. The molecule has 6 nitrogen and oxygen atoms in total. The van der Waals surface area contributed by atoms with Gasteiger partial charge in [-0.1, -0.05) is 6.07 Å². The van der Waals surface area contributed by atoms with Crippen molar-refractivity contribution in [3.05, 3.63) is 77.4 Å². The van der Waals surface area contributed by atoms with Crippen LogP contribution in [0.15, 0.2) is 54.7 Å². The van der Waals surface area contributed by atoms with Gasteiger partial charge in [0.25, 0.3) is 0 Å². The normalized spacial score (nSPS) is 10.9. The van der Waals surface area contributed by atoms with Gasteiger partial charge in [-0.3, -0.25) is 4.79 Å². The second kappa shape index (κ2) is 8.70. The molecule has 0 fully saturated rings. The summed E-state index contributed by atoms with van der Waals surface area (Å²) in [5.74, 6) is 0.622. The van der Waals surface area contributed by atoms with Crippen LogP contribution in [0.3, 0.4) is 0 Å². The zero-order valence-electron chi connectivity index (χ0n) is 18.4. The summed E-state index contributed by atoms with van der Waals surface area (Å²) in [7, 11) is 3.10. The molecule has 0 aliphatic carbocycles. The number of benzene rings is 2. The Kier molecular flexibility index (Phi) is 5.81. The van der Waals surface area contributed by atoms with E-state index < -0.39 is 0 Å². The second-order valence-corrected chi connectivity index (χ2v) is 7.60. The molecule has 0 spiro atoms. The van der Waals surface area contributed by atoms with E-state index in [-0.39, 0.29) is 18.1 Å². The molecule has 2 aromatic carbocycles. The Balaban J connectivity index is 1.70. The van der Waals surface area contributed by atoms with Gasteiger partial charge >= 0.3 is 0 Å². The van der Waals surface area contributed by atoms with Gasteiger partial charge in [0.1, 0.15) is 11.5 Å². The molecule has 0 aliphatic rings. The fourth-order valence-corrected chi connectivity index (χ4v) is 3.66. The molecular formula is C25H24FN3O3. The molecule has 164 valence electrons. The van der Waals surface area contributed by atoms with Gasteiger partial charge in [0, 0.05) is 23.5 Å². The van der Waals surface area contributed by atoms with E-state index in [0.717, 1.165) is 22.5 Å². The molecule has 0 saturated carbocycles. The van der Waals surface area contributed by atoms with Gasteiger partial charge in [0.05, 0.1) is 32.0 Å². The zero-order valence-corrected chi connectivity index (χ0v) is 18.4. The van der Waals surface area contributed by atoms with E-state index in [4.69, 9.17) is 14.5 Å². The number of nitrogens with one attached hydrogen (secondary N) is 1. The summed E-state index contributed by atoms with van der Waals surface area (Å²) in [5, 5.41) is 2.91. The highest BCUT2D eigenvalue weighted by Gasteiger charge is 2.18. The molecule has 4 aromatic rings. The summed E-state index contributed by atoms with van der Waals surface area (Å²) in [6.45, 7) is 3.69. The van der Waals surface area contributed by atoms with E-state index in [1.54, 1.807) is 51.5 Å². The van der Waals surface area contributed by atoms with Gasteiger partial charge in [-0.25, -0.2) is 9.37 Å². The monoisotopic (exact) mass is 433 g/mol. The highest BCUT2D eigenvalue weighted by atomic mass is 19.1. The van der Waals surface area contributed by atoms with Crippen molar-refractivity contribution < 1.29 is 18.7 Å². The average molecular weight is 433 g/mol. The molecule has 4 rings (SSSR count). The largest absolute Gasteiger partial charge is 0.493 e. The predicted octanol–water partition coefficient (Wildman–Crippen LogP) is 4.96. The van der Waals surface area contributed by atoms with E-state index >= 15 is 0 Å². The van der Waals surface area contributed by atoms with Gasteiger partial charge < -0.3 is 19.2 Å². The first kappa shape index (κ1) is 21.4. The van der Waals surface area contributed by atoms with Crippen LogP contribution in [0, 0.1) is 19.7 Å². The first-order valence-electron chi connectivity index (χ1n) is 10.2. The lowest BCUT2D eigenvalue weighted by atomic mass is 10.1. The maximum absolute atomic E-state index is 13.8. The van der Waals surface area contributed by atoms with Gasteiger partial charge in [-0.2, -0.15) is 0 Å². The van der Waals surface area contributed by atoms with Crippen molar-refractivity contribution in [2.24, 2.45) is 0 Å². The van der Waals surface area contributed by atoms with Crippen molar-refractivity contribution >= 4 is 17.2 Å². The molecule has 1 N–H and O–H groups in total. The van der Waals surface area contributed by atoms with Crippen LogP contribution >= 0.6 is 0 Å². The molecule has 0 saturated heterocycles. The highest BCUT2D eigenvalue weighted by molar-refractivity contribution is 5.93. The molecule has 0 atom stereocenters. The van der Waals surface area contributed by atoms with E-state index in [1.807, 2.05) is 29.7 Å². The van der Waals surface area contributed by atoms with Crippen LogP contribution in [0.2, 0.25) is 0 Å². The van der Waals surface area contributed by atoms with Crippen molar-refractivity contribution in [2.75, 3.05) is 19.5 Å². The summed E-state index contributed by atoms with van der Waals surface area (Å²) in [6, 6.07) is 13.9. The summed E-state index contributed by atoms with van der Waals surface area (Å²) in [6.07, 6.45) is 2.03. The quantitative estimate of drug-likeness (QED) is 0.467. The fraction of sp³-hybridized carbons (Fsp3) is 0.200. The van der Waals surface area contributed by atoms with Gasteiger partial charge in [0.15, 0.2) is 11.5 Å². The van der Waals surface area contributed by atoms with Crippen LogP contribution in [0.25, 0.3) is 16.9 Å². The number of pyridine rings is 1. The number of fused-ring (bicyclic) bond motifs is 1. The Morgan fingerprint density at radius 1 is 1.03 bits per heavy atom. The number of halogens is 1. The number of amides is 1. The van der Waals surface area contributed by atoms with Crippen LogP contribution in [0.4, 0.5) is 10.1 Å². The van der Waals surface area contributed by atoms with E-state index in [2.05, 4.69) is 5.32 Å². The molecule has 0 unspecified atom stereocenters. The lowest BCUT2D eigenvalue weighted by Crippen LogP contribution is -2.16. The Morgan fingerprint density at radius 3 is 2.53 bits per heavy atom. The number of ether oxygens (including phenoxy) is 2. The molecule has 1 amide bonds. The Labute approximate surface area is 185 Å². The maximum Gasteiger partial charge on any atom is 0.230 e. The maximum atomic E-state index is 13.8. The topological polar surface area (TPSA) is 64.9 Å². The summed E-state index contributed by atoms with van der Waals surface area (Å²) >= 11 is 0. The van der Waals surface area contributed by atoms with Gasteiger partial charge in [-0.05, 0) is 61.4 Å². The minimum atomic E-state index is -0.277. The van der Waals surface area contributed by atoms with Crippen molar-refractivity contribution in [2.45, 2.75) is 20.3 Å². The lowest BCUT2D eigenvalue weighted by Gasteiger charge is -2.11. The second-order valence-electron chi connectivity index (χ2n) is 7.60. The van der Waals surface area contributed by atoms with E-state index in [1.165, 1.54) is 6.07 Å². The Hall–Kier alpha value is -3.87. The molecule has 2 aromatic heterocycles. The predicted molar refractivity (Wildman–Crippen MR) is 122 cm³/mol. The zero-order chi connectivity index (χ0) is 22.8. The number of carbonyl (C=O) groups excluding carboxylic acids is 1. The van der Waals surface area contributed by atoms with Crippen molar-refractivity contribution in [1.82, 2.24) is 9.38 Å². The summed E-state index contributed by atoms with van der Waals surface area (Å²) in [4.78, 5) is 17.7. The molecule has 0 radical (unpaired) electrons. The average Bonchev–Trinajstić information content (AvgIpc) is 3.12. The lowest BCUT2D eigenvalue weighted by molar-refractivity contribution is -0.115.